The molecule has 0 fully saturated rings. The molecule has 0 atom stereocenters. The van der Waals surface area contributed by atoms with Gasteiger partial charge in [0.05, 0.1) is 11.1 Å². The van der Waals surface area contributed by atoms with Crippen molar-refractivity contribution in [1.29, 1.82) is 0 Å². The van der Waals surface area contributed by atoms with Crippen molar-refractivity contribution in [2.24, 2.45) is 5.73 Å². The molecular weight excluding hydrogens is 308 g/mol. The zero-order chi connectivity index (χ0) is 14.3. The minimum absolute atomic E-state index is 0.123. The smallest absolute Gasteiger partial charge is 0.222 e. The van der Waals surface area contributed by atoms with Crippen LogP contribution >= 0.6 is 15.9 Å². The van der Waals surface area contributed by atoms with Gasteiger partial charge in [-0.15, -0.1) is 0 Å². The molecule has 1 aromatic carbocycles. The highest BCUT2D eigenvalue weighted by molar-refractivity contribution is 9.10. The normalized spacial score (nSPS) is 10.3. The topological polar surface area (TPSA) is 55.6 Å². The molecule has 0 aliphatic heterocycles. The van der Waals surface area contributed by atoms with E-state index >= 15 is 0 Å². The van der Waals surface area contributed by atoms with Gasteiger partial charge in [0.25, 0.3) is 0 Å². The van der Waals surface area contributed by atoms with Crippen LogP contribution in [0.15, 0.2) is 22.7 Å². The average molecular weight is 329 g/mol. The summed E-state index contributed by atoms with van der Waals surface area (Å²) in [5, 5.41) is 0. The van der Waals surface area contributed by atoms with Crippen LogP contribution in [-0.4, -0.2) is 38.1 Å². The molecule has 4 nitrogen and oxygen atoms in total. The predicted octanol–water partition coefficient (Wildman–Crippen LogP) is 2.20. The zero-order valence-electron chi connectivity index (χ0n) is 11.5. The lowest BCUT2D eigenvalue weighted by atomic mass is 10.1. The molecule has 19 heavy (non-hydrogen) atoms. The summed E-state index contributed by atoms with van der Waals surface area (Å²) in [6, 6.07) is 5.93. The molecule has 1 rings (SSSR count). The van der Waals surface area contributed by atoms with Crippen LogP contribution in [-0.2, 0) is 11.2 Å². The van der Waals surface area contributed by atoms with E-state index in [0.29, 0.717) is 26.0 Å². The number of hydrogen-bond donors (Lipinski definition) is 1. The molecule has 106 valence electrons. The number of benzene rings is 1. The van der Waals surface area contributed by atoms with Gasteiger partial charge >= 0.3 is 0 Å². The Morgan fingerprint density at radius 2 is 2.16 bits per heavy atom. The van der Waals surface area contributed by atoms with Gasteiger partial charge in [0, 0.05) is 20.5 Å². The summed E-state index contributed by atoms with van der Waals surface area (Å²) >= 11 is 3.48. The number of carbonyl (C=O) groups excluding carboxylic acids is 1. The minimum atomic E-state index is 0.123. The van der Waals surface area contributed by atoms with Crippen molar-refractivity contribution < 1.29 is 9.53 Å². The molecule has 5 heteroatoms. The second-order valence-corrected chi connectivity index (χ2v) is 5.36. The summed E-state index contributed by atoms with van der Waals surface area (Å²) in [7, 11) is 3.52. The molecule has 1 amide bonds. The maximum Gasteiger partial charge on any atom is 0.222 e. The van der Waals surface area contributed by atoms with Crippen LogP contribution in [0.3, 0.4) is 0 Å². The second kappa shape index (κ2) is 8.17. The van der Waals surface area contributed by atoms with E-state index in [0.717, 1.165) is 22.2 Å². The molecule has 0 heterocycles. The van der Waals surface area contributed by atoms with E-state index < -0.39 is 0 Å². The predicted molar refractivity (Wildman–Crippen MR) is 80.3 cm³/mol. The highest BCUT2D eigenvalue weighted by atomic mass is 79.9. The lowest BCUT2D eigenvalue weighted by molar-refractivity contribution is -0.128. The summed E-state index contributed by atoms with van der Waals surface area (Å²) in [5.41, 5.74) is 6.68. The molecule has 0 unspecified atom stereocenters. The summed E-state index contributed by atoms with van der Waals surface area (Å²) in [6.45, 7) is 1.12. The third-order valence-electron chi connectivity index (χ3n) is 2.74. The SMILES string of the molecule is CN(C)C(=O)CCCOc1c(Br)cccc1CCN. The molecule has 0 aromatic heterocycles. The molecule has 0 bridgehead atoms. The first kappa shape index (κ1) is 16.0. The van der Waals surface area contributed by atoms with Gasteiger partial charge in [-0.05, 0) is 46.9 Å². The standard InChI is InChI=1S/C14H21BrN2O2/c1-17(2)13(18)7-4-10-19-14-11(8-9-16)5-3-6-12(14)15/h3,5-6H,4,7-10,16H2,1-2H3. The van der Waals surface area contributed by atoms with E-state index in [2.05, 4.69) is 15.9 Å². The first-order chi connectivity index (χ1) is 9.06. The maximum atomic E-state index is 11.4. The van der Waals surface area contributed by atoms with Crippen molar-refractivity contribution in [2.75, 3.05) is 27.2 Å². The Labute approximate surface area is 123 Å². The van der Waals surface area contributed by atoms with E-state index in [1.165, 1.54) is 0 Å². The monoisotopic (exact) mass is 328 g/mol. The number of halogens is 1. The summed E-state index contributed by atoms with van der Waals surface area (Å²) in [6.07, 6.45) is 2.00. The van der Waals surface area contributed by atoms with E-state index in [1.54, 1.807) is 19.0 Å². The van der Waals surface area contributed by atoms with Gasteiger partial charge in [-0.2, -0.15) is 0 Å². The van der Waals surface area contributed by atoms with Crippen molar-refractivity contribution in [1.82, 2.24) is 4.90 Å². The lowest BCUT2D eigenvalue weighted by Crippen LogP contribution is -2.21. The largest absolute Gasteiger partial charge is 0.492 e. The van der Waals surface area contributed by atoms with Gasteiger partial charge < -0.3 is 15.4 Å². The van der Waals surface area contributed by atoms with Crippen LogP contribution in [0.5, 0.6) is 5.75 Å². The first-order valence-corrected chi connectivity index (χ1v) is 7.16. The van der Waals surface area contributed by atoms with Gasteiger partial charge in [0.1, 0.15) is 5.75 Å². The van der Waals surface area contributed by atoms with Crippen molar-refractivity contribution in [3.63, 3.8) is 0 Å². The van der Waals surface area contributed by atoms with E-state index in [9.17, 15) is 4.79 Å². The second-order valence-electron chi connectivity index (χ2n) is 4.51. The molecule has 0 aliphatic rings. The lowest BCUT2D eigenvalue weighted by Gasteiger charge is -2.14. The van der Waals surface area contributed by atoms with E-state index in [4.69, 9.17) is 10.5 Å². The van der Waals surface area contributed by atoms with Crippen LogP contribution in [0.25, 0.3) is 0 Å². The van der Waals surface area contributed by atoms with Crippen LogP contribution < -0.4 is 10.5 Å². The number of para-hydroxylation sites is 1. The molecule has 2 N–H and O–H groups in total. The number of amides is 1. The quantitative estimate of drug-likeness (QED) is 0.780. The molecule has 0 saturated heterocycles. The fourth-order valence-corrected chi connectivity index (χ4v) is 2.21. The van der Waals surface area contributed by atoms with Crippen molar-refractivity contribution in [3.05, 3.63) is 28.2 Å². The molecule has 0 saturated carbocycles. The fourth-order valence-electron chi connectivity index (χ4n) is 1.69. The number of rotatable bonds is 7. The van der Waals surface area contributed by atoms with Crippen LogP contribution in [0, 0.1) is 0 Å². The van der Waals surface area contributed by atoms with Gasteiger partial charge in [0.2, 0.25) is 5.91 Å². The number of hydrogen-bond acceptors (Lipinski definition) is 3. The Hall–Kier alpha value is -1.07. The Balaban J connectivity index is 2.51. The number of ether oxygens (including phenoxy) is 1. The highest BCUT2D eigenvalue weighted by Crippen LogP contribution is 2.29. The fraction of sp³-hybridized carbons (Fsp3) is 0.500. The van der Waals surface area contributed by atoms with Crippen LogP contribution in [0.2, 0.25) is 0 Å². The van der Waals surface area contributed by atoms with Gasteiger partial charge in [-0.3, -0.25) is 4.79 Å². The molecule has 0 radical (unpaired) electrons. The Morgan fingerprint density at radius 3 is 2.79 bits per heavy atom. The van der Waals surface area contributed by atoms with Crippen molar-refractivity contribution in [3.8, 4) is 5.75 Å². The third-order valence-corrected chi connectivity index (χ3v) is 3.37. The summed E-state index contributed by atoms with van der Waals surface area (Å²) < 4.78 is 6.71. The number of nitrogens with zero attached hydrogens (tertiary/aromatic N) is 1. The Kier molecular flexibility index (Phi) is 6.87. The van der Waals surface area contributed by atoms with Gasteiger partial charge in [0.15, 0.2) is 0 Å². The summed E-state index contributed by atoms with van der Waals surface area (Å²) in [4.78, 5) is 13.0. The van der Waals surface area contributed by atoms with E-state index in [1.807, 2.05) is 18.2 Å². The van der Waals surface area contributed by atoms with E-state index in [-0.39, 0.29) is 5.91 Å². The minimum Gasteiger partial charge on any atom is -0.492 e. The van der Waals surface area contributed by atoms with Crippen molar-refractivity contribution >= 4 is 21.8 Å². The molecule has 1 aromatic rings. The summed E-state index contributed by atoms with van der Waals surface area (Å²) in [5.74, 6) is 0.961. The third kappa shape index (κ3) is 5.20. The Bertz CT molecular complexity index is 422. The molecular formula is C14H21BrN2O2. The van der Waals surface area contributed by atoms with Crippen LogP contribution in [0.4, 0.5) is 0 Å². The molecule has 0 aliphatic carbocycles. The number of nitrogens with two attached hydrogens (primary N) is 1. The number of carbonyl (C=O) groups is 1. The van der Waals surface area contributed by atoms with Gasteiger partial charge in [-0.1, -0.05) is 12.1 Å². The molecule has 0 spiro atoms. The Morgan fingerprint density at radius 1 is 1.42 bits per heavy atom. The zero-order valence-corrected chi connectivity index (χ0v) is 13.1. The average Bonchev–Trinajstić information content (AvgIpc) is 2.37. The van der Waals surface area contributed by atoms with Crippen LogP contribution in [0.1, 0.15) is 18.4 Å². The first-order valence-electron chi connectivity index (χ1n) is 6.36. The van der Waals surface area contributed by atoms with Gasteiger partial charge in [-0.25, -0.2) is 0 Å². The highest BCUT2D eigenvalue weighted by Gasteiger charge is 2.08. The van der Waals surface area contributed by atoms with Crippen molar-refractivity contribution in [2.45, 2.75) is 19.3 Å². The maximum absolute atomic E-state index is 11.4.